The van der Waals surface area contributed by atoms with E-state index in [-0.39, 0.29) is 0 Å². The molecular formula is C10H21NO2S. The maximum Gasteiger partial charge on any atom is 0.211 e. The minimum Gasteiger partial charge on any atom is -0.213 e. The van der Waals surface area contributed by atoms with Crippen LogP contribution in [-0.4, -0.2) is 32.1 Å². The largest absolute Gasteiger partial charge is 0.213 e. The van der Waals surface area contributed by atoms with Gasteiger partial charge in [0.25, 0.3) is 0 Å². The lowest BCUT2D eigenvalue weighted by Crippen LogP contribution is -2.39. The van der Waals surface area contributed by atoms with Gasteiger partial charge >= 0.3 is 0 Å². The summed E-state index contributed by atoms with van der Waals surface area (Å²) in [4.78, 5) is 0. The normalized spacial score (nSPS) is 25.6. The lowest BCUT2D eigenvalue weighted by Gasteiger charge is -2.31. The van der Waals surface area contributed by atoms with Gasteiger partial charge in [0.05, 0.1) is 6.26 Å². The Bertz CT molecular complexity index is 272. The fourth-order valence-electron chi connectivity index (χ4n) is 2.19. The Kier molecular flexibility index (Phi) is 3.95. The molecule has 0 saturated carbocycles. The first-order chi connectivity index (χ1) is 6.39. The van der Waals surface area contributed by atoms with Crippen molar-refractivity contribution in [3.05, 3.63) is 0 Å². The van der Waals surface area contributed by atoms with Crippen molar-refractivity contribution in [2.45, 2.75) is 33.1 Å². The average Bonchev–Trinajstić information content (AvgIpc) is 2.01. The maximum absolute atomic E-state index is 11.3. The van der Waals surface area contributed by atoms with Crippen LogP contribution >= 0.6 is 0 Å². The molecule has 0 N–H and O–H groups in total. The highest BCUT2D eigenvalue weighted by molar-refractivity contribution is 7.88. The van der Waals surface area contributed by atoms with Crippen LogP contribution < -0.4 is 0 Å². The van der Waals surface area contributed by atoms with E-state index in [1.54, 1.807) is 4.31 Å². The highest BCUT2D eigenvalue weighted by Crippen LogP contribution is 2.24. The molecule has 0 radical (unpaired) electrons. The van der Waals surface area contributed by atoms with Crippen molar-refractivity contribution in [1.29, 1.82) is 0 Å². The summed E-state index contributed by atoms with van der Waals surface area (Å²) in [5, 5.41) is 0. The Morgan fingerprint density at radius 2 is 2.07 bits per heavy atom. The zero-order valence-electron chi connectivity index (χ0n) is 9.36. The highest BCUT2D eigenvalue weighted by atomic mass is 32.2. The Hall–Kier alpha value is -0.0900. The second kappa shape index (κ2) is 4.62. The second-order valence-corrected chi connectivity index (χ2v) is 6.74. The number of piperidine rings is 1. The average molecular weight is 219 g/mol. The van der Waals surface area contributed by atoms with Crippen molar-refractivity contribution in [3.8, 4) is 0 Å². The SMILES string of the molecule is CC(C)CC1CCCN(S(C)(=O)=O)C1. The van der Waals surface area contributed by atoms with E-state index < -0.39 is 10.0 Å². The van der Waals surface area contributed by atoms with Gasteiger partial charge in [-0.2, -0.15) is 0 Å². The van der Waals surface area contributed by atoms with Crippen molar-refractivity contribution < 1.29 is 8.42 Å². The molecule has 1 rings (SSSR count). The molecule has 1 aliphatic rings. The van der Waals surface area contributed by atoms with Gasteiger partial charge in [-0.15, -0.1) is 0 Å². The predicted octanol–water partition coefficient (Wildman–Crippen LogP) is 1.70. The van der Waals surface area contributed by atoms with E-state index in [2.05, 4.69) is 13.8 Å². The molecule has 1 aliphatic heterocycles. The van der Waals surface area contributed by atoms with Gasteiger partial charge in [-0.1, -0.05) is 13.8 Å². The first kappa shape index (κ1) is 12.0. The van der Waals surface area contributed by atoms with Crippen molar-refractivity contribution in [2.24, 2.45) is 11.8 Å². The molecule has 0 amide bonds. The standard InChI is InChI=1S/C10H21NO2S/c1-9(2)7-10-5-4-6-11(8-10)14(3,12)13/h9-10H,4-8H2,1-3H3. The molecule has 84 valence electrons. The zero-order valence-corrected chi connectivity index (χ0v) is 10.2. The minimum atomic E-state index is -2.96. The summed E-state index contributed by atoms with van der Waals surface area (Å²) < 4.78 is 24.3. The Morgan fingerprint density at radius 3 is 2.57 bits per heavy atom. The van der Waals surface area contributed by atoms with E-state index in [0.29, 0.717) is 18.4 Å². The van der Waals surface area contributed by atoms with Crippen LogP contribution in [0.1, 0.15) is 33.1 Å². The molecule has 4 heteroatoms. The van der Waals surface area contributed by atoms with Crippen LogP contribution in [0.4, 0.5) is 0 Å². The number of rotatable bonds is 3. The summed E-state index contributed by atoms with van der Waals surface area (Å²) in [5.74, 6) is 1.23. The van der Waals surface area contributed by atoms with E-state index in [1.165, 1.54) is 12.7 Å². The first-order valence-corrected chi connectivity index (χ1v) is 7.19. The molecule has 1 unspecified atom stereocenters. The third-order valence-corrected chi connectivity index (χ3v) is 4.03. The third kappa shape index (κ3) is 3.58. The molecule has 1 saturated heterocycles. The molecule has 0 aromatic carbocycles. The summed E-state index contributed by atoms with van der Waals surface area (Å²) >= 11 is 0. The lowest BCUT2D eigenvalue weighted by atomic mass is 9.91. The van der Waals surface area contributed by atoms with Gasteiger partial charge in [0.15, 0.2) is 0 Å². The van der Waals surface area contributed by atoms with Gasteiger partial charge < -0.3 is 0 Å². The molecule has 0 bridgehead atoms. The Labute approximate surface area is 87.5 Å². The first-order valence-electron chi connectivity index (χ1n) is 5.34. The topological polar surface area (TPSA) is 37.4 Å². The van der Waals surface area contributed by atoms with E-state index in [9.17, 15) is 8.42 Å². The summed E-state index contributed by atoms with van der Waals surface area (Å²) in [5.41, 5.74) is 0. The smallest absolute Gasteiger partial charge is 0.211 e. The number of hydrogen-bond acceptors (Lipinski definition) is 2. The molecule has 0 aliphatic carbocycles. The molecule has 3 nitrogen and oxygen atoms in total. The fourth-order valence-corrected chi connectivity index (χ4v) is 3.13. The van der Waals surface area contributed by atoms with Gasteiger partial charge in [-0.3, -0.25) is 0 Å². The van der Waals surface area contributed by atoms with Crippen LogP contribution in [0.15, 0.2) is 0 Å². The van der Waals surface area contributed by atoms with E-state index in [1.807, 2.05) is 0 Å². The minimum absolute atomic E-state index is 0.568. The molecule has 0 spiro atoms. The van der Waals surface area contributed by atoms with Gasteiger partial charge in [-0.25, -0.2) is 12.7 Å². The number of nitrogens with zero attached hydrogens (tertiary/aromatic N) is 1. The monoisotopic (exact) mass is 219 g/mol. The Morgan fingerprint density at radius 1 is 1.43 bits per heavy atom. The van der Waals surface area contributed by atoms with Crippen molar-refractivity contribution >= 4 is 10.0 Å². The molecule has 1 atom stereocenters. The van der Waals surface area contributed by atoms with Crippen LogP contribution in [0.25, 0.3) is 0 Å². The molecule has 14 heavy (non-hydrogen) atoms. The zero-order chi connectivity index (χ0) is 10.8. The molecule has 1 heterocycles. The number of sulfonamides is 1. The predicted molar refractivity (Wildman–Crippen MR) is 58.6 cm³/mol. The summed E-state index contributed by atoms with van der Waals surface area (Å²) in [6.07, 6.45) is 4.66. The van der Waals surface area contributed by atoms with E-state index >= 15 is 0 Å². The quantitative estimate of drug-likeness (QED) is 0.724. The van der Waals surface area contributed by atoms with Crippen LogP contribution in [0.3, 0.4) is 0 Å². The Balaban J connectivity index is 2.52. The summed E-state index contributed by atoms with van der Waals surface area (Å²) in [6.45, 7) is 5.84. The fraction of sp³-hybridized carbons (Fsp3) is 1.00. The van der Waals surface area contributed by atoms with Gasteiger partial charge in [0.2, 0.25) is 10.0 Å². The highest BCUT2D eigenvalue weighted by Gasteiger charge is 2.25. The second-order valence-electron chi connectivity index (χ2n) is 4.76. The van der Waals surface area contributed by atoms with Crippen molar-refractivity contribution in [1.82, 2.24) is 4.31 Å². The van der Waals surface area contributed by atoms with E-state index in [0.717, 1.165) is 19.4 Å². The van der Waals surface area contributed by atoms with Crippen LogP contribution in [0, 0.1) is 11.8 Å². The molecular weight excluding hydrogens is 198 g/mol. The summed E-state index contributed by atoms with van der Waals surface area (Å²) in [6, 6.07) is 0. The molecule has 1 fully saturated rings. The van der Waals surface area contributed by atoms with Gasteiger partial charge in [0.1, 0.15) is 0 Å². The molecule has 0 aromatic rings. The van der Waals surface area contributed by atoms with Crippen molar-refractivity contribution in [3.63, 3.8) is 0 Å². The lowest BCUT2D eigenvalue weighted by molar-refractivity contribution is 0.239. The summed E-state index contributed by atoms with van der Waals surface area (Å²) in [7, 11) is -2.96. The molecule has 0 aromatic heterocycles. The van der Waals surface area contributed by atoms with Gasteiger partial charge in [0, 0.05) is 13.1 Å². The van der Waals surface area contributed by atoms with Crippen LogP contribution in [0.5, 0.6) is 0 Å². The van der Waals surface area contributed by atoms with E-state index in [4.69, 9.17) is 0 Å². The third-order valence-electron chi connectivity index (χ3n) is 2.76. The van der Waals surface area contributed by atoms with Crippen LogP contribution in [-0.2, 0) is 10.0 Å². The van der Waals surface area contributed by atoms with Gasteiger partial charge in [-0.05, 0) is 31.1 Å². The number of hydrogen-bond donors (Lipinski definition) is 0. The van der Waals surface area contributed by atoms with Crippen LogP contribution in [0.2, 0.25) is 0 Å². The van der Waals surface area contributed by atoms with Crippen molar-refractivity contribution in [2.75, 3.05) is 19.3 Å². The maximum atomic E-state index is 11.3.